The molecule has 0 bridgehead atoms. The summed E-state index contributed by atoms with van der Waals surface area (Å²) in [5.74, 6) is -0.603. The average Bonchev–Trinajstić information content (AvgIpc) is 2.62. The minimum absolute atomic E-state index is 0.00207. The van der Waals surface area contributed by atoms with E-state index in [1.807, 2.05) is 0 Å². The van der Waals surface area contributed by atoms with Gasteiger partial charge in [-0.25, -0.2) is 9.18 Å². The second-order valence-corrected chi connectivity index (χ2v) is 5.52. The van der Waals surface area contributed by atoms with Crippen LogP contribution in [0.4, 0.5) is 28.0 Å². The van der Waals surface area contributed by atoms with Gasteiger partial charge in [0.25, 0.3) is 0 Å². The fraction of sp³-hybridized carbons (Fsp3) is 0.111. The molecule has 0 atom stereocenters. The van der Waals surface area contributed by atoms with Crippen LogP contribution in [-0.2, 0) is 12.7 Å². The number of nitrogens with zero attached hydrogens (tertiary/aromatic N) is 1. The Labute approximate surface area is 145 Å². The summed E-state index contributed by atoms with van der Waals surface area (Å²) in [5.41, 5.74) is -0.275. The summed E-state index contributed by atoms with van der Waals surface area (Å²) in [5, 5.41) is 6.06. The van der Waals surface area contributed by atoms with Gasteiger partial charge < -0.3 is 10.6 Å². The monoisotopic (exact) mass is 363 g/mol. The summed E-state index contributed by atoms with van der Waals surface area (Å²) in [6, 6.07) is 8.08. The molecule has 1 aromatic heterocycles. The number of benzene rings is 2. The zero-order chi connectivity index (χ0) is 18.7. The summed E-state index contributed by atoms with van der Waals surface area (Å²) >= 11 is 0. The number of pyridine rings is 1. The zero-order valence-corrected chi connectivity index (χ0v) is 13.3. The normalized spacial score (nSPS) is 11.4. The summed E-state index contributed by atoms with van der Waals surface area (Å²) in [6.45, 7) is -0.00207. The van der Waals surface area contributed by atoms with Crippen molar-refractivity contribution >= 4 is 22.5 Å². The zero-order valence-electron chi connectivity index (χ0n) is 13.3. The molecule has 0 fully saturated rings. The van der Waals surface area contributed by atoms with Gasteiger partial charge in [-0.2, -0.15) is 13.2 Å². The first-order valence-electron chi connectivity index (χ1n) is 7.58. The predicted octanol–water partition coefficient (Wildman–Crippen LogP) is 4.71. The maximum Gasteiger partial charge on any atom is 0.416 e. The Morgan fingerprint density at radius 2 is 1.77 bits per heavy atom. The molecule has 2 N–H and O–H groups in total. The number of amides is 2. The number of aromatic nitrogens is 1. The molecule has 0 unspecified atom stereocenters. The van der Waals surface area contributed by atoms with Crippen molar-refractivity contribution in [3.8, 4) is 0 Å². The van der Waals surface area contributed by atoms with E-state index in [1.165, 1.54) is 24.4 Å². The Hall–Kier alpha value is -3.16. The van der Waals surface area contributed by atoms with Crippen LogP contribution in [-0.4, -0.2) is 11.0 Å². The molecule has 134 valence electrons. The van der Waals surface area contributed by atoms with Crippen LogP contribution in [0, 0.1) is 5.82 Å². The van der Waals surface area contributed by atoms with Gasteiger partial charge in [-0.05, 0) is 35.9 Å². The number of hydrogen-bond donors (Lipinski definition) is 2. The minimum atomic E-state index is -4.41. The molecule has 0 saturated heterocycles. The van der Waals surface area contributed by atoms with Crippen molar-refractivity contribution in [2.45, 2.75) is 12.7 Å². The van der Waals surface area contributed by atoms with Gasteiger partial charge in [0, 0.05) is 29.7 Å². The van der Waals surface area contributed by atoms with E-state index in [0.29, 0.717) is 16.3 Å². The lowest BCUT2D eigenvalue weighted by molar-refractivity contribution is -0.137. The number of carbonyl (C=O) groups is 1. The van der Waals surface area contributed by atoms with Crippen molar-refractivity contribution in [3.05, 3.63) is 71.8 Å². The number of halogens is 4. The van der Waals surface area contributed by atoms with Gasteiger partial charge in [-0.1, -0.05) is 12.1 Å². The highest BCUT2D eigenvalue weighted by atomic mass is 19.4. The highest BCUT2D eigenvalue weighted by molar-refractivity contribution is 6.01. The van der Waals surface area contributed by atoms with Gasteiger partial charge >= 0.3 is 12.2 Å². The highest BCUT2D eigenvalue weighted by Crippen LogP contribution is 2.29. The maximum atomic E-state index is 14.0. The Morgan fingerprint density at radius 1 is 1.04 bits per heavy atom. The SMILES string of the molecule is O=C(NCc1ccc(C(F)(F)F)cc1)Nc1c(F)ccc2cnccc12. The lowest BCUT2D eigenvalue weighted by atomic mass is 10.1. The summed E-state index contributed by atoms with van der Waals surface area (Å²) < 4.78 is 51.6. The Balaban J connectivity index is 1.68. The second-order valence-electron chi connectivity index (χ2n) is 5.52. The largest absolute Gasteiger partial charge is 0.416 e. The number of alkyl halides is 3. The molecule has 3 rings (SSSR count). The third kappa shape index (κ3) is 3.90. The Bertz CT molecular complexity index is 939. The van der Waals surface area contributed by atoms with E-state index >= 15 is 0 Å². The number of fused-ring (bicyclic) bond motifs is 1. The van der Waals surface area contributed by atoms with Crippen LogP contribution < -0.4 is 10.6 Å². The number of hydrogen-bond acceptors (Lipinski definition) is 2. The van der Waals surface area contributed by atoms with E-state index in [9.17, 15) is 22.4 Å². The van der Waals surface area contributed by atoms with Crippen LogP contribution in [0.25, 0.3) is 10.8 Å². The van der Waals surface area contributed by atoms with Gasteiger partial charge in [0.2, 0.25) is 0 Å². The Kier molecular flexibility index (Phi) is 4.75. The standard InChI is InChI=1S/C18H13F4N3O/c19-15-6-3-12-10-23-8-7-14(12)16(15)25-17(26)24-9-11-1-4-13(5-2-11)18(20,21)22/h1-8,10H,9H2,(H2,24,25,26). The molecule has 1 heterocycles. The van der Waals surface area contributed by atoms with Gasteiger partial charge in [-0.3, -0.25) is 4.98 Å². The molecule has 0 saturated carbocycles. The summed E-state index contributed by atoms with van der Waals surface area (Å²) in [7, 11) is 0. The fourth-order valence-corrected chi connectivity index (χ4v) is 2.42. The van der Waals surface area contributed by atoms with E-state index in [-0.39, 0.29) is 12.2 Å². The Morgan fingerprint density at radius 3 is 2.46 bits per heavy atom. The molecular weight excluding hydrogens is 350 g/mol. The minimum Gasteiger partial charge on any atom is -0.334 e. The first-order valence-corrected chi connectivity index (χ1v) is 7.58. The summed E-state index contributed by atoms with van der Waals surface area (Å²) in [6.07, 6.45) is -1.39. The van der Waals surface area contributed by atoms with Crippen molar-refractivity contribution in [2.24, 2.45) is 0 Å². The van der Waals surface area contributed by atoms with E-state index < -0.39 is 23.6 Å². The topological polar surface area (TPSA) is 54.0 Å². The molecule has 0 aliphatic rings. The first kappa shape index (κ1) is 17.7. The molecular formula is C18H13F4N3O. The molecule has 8 heteroatoms. The van der Waals surface area contributed by atoms with Gasteiger partial charge in [0.1, 0.15) is 5.82 Å². The van der Waals surface area contributed by atoms with Crippen LogP contribution in [0.1, 0.15) is 11.1 Å². The van der Waals surface area contributed by atoms with Crippen molar-refractivity contribution < 1.29 is 22.4 Å². The molecule has 0 aliphatic carbocycles. The molecule has 0 spiro atoms. The molecule has 0 radical (unpaired) electrons. The van der Waals surface area contributed by atoms with E-state index in [0.717, 1.165) is 12.1 Å². The van der Waals surface area contributed by atoms with Gasteiger partial charge in [0.15, 0.2) is 0 Å². The van der Waals surface area contributed by atoms with Crippen LogP contribution in [0.15, 0.2) is 54.9 Å². The quantitative estimate of drug-likeness (QED) is 0.662. The average molecular weight is 363 g/mol. The summed E-state index contributed by atoms with van der Waals surface area (Å²) in [4.78, 5) is 16.0. The van der Waals surface area contributed by atoms with Crippen LogP contribution in [0.5, 0.6) is 0 Å². The third-order valence-corrected chi connectivity index (χ3v) is 3.74. The lowest BCUT2D eigenvalue weighted by Crippen LogP contribution is -2.28. The van der Waals surface area contributed by atoms with Crippen LogP contribution in [0.3, 0.4) is 0 Å². The first-order chi connectivity index (χ1) is 12.3. The number of nitrogens with one attached hydrogen (secondary N) is 2. The van der Waals surface area contributed by atoms with E-state index in [1.54, 1.807) is 18.3 Å². The molecule has 0 aliphatic heterocycles. The predicted molar refractivity (Wildman–Crippen MR) is 89.0 cm³/mol. The molecule has 26 heavy (non-hydrogen) atoms. The van der Waals surface area contributed by atoms with Crippen molar-refractivity contribution in [2.75, 3.05) is 5.32 Å². The maximum absolute atomic E-state index is 14.0. The molecule has 2 amide bonds. The van der Waals surface area contributed by atoms with Crippen molar-refractivity contribution in [1.82, 2.24) is 10.3 Å². The van der Waals surface area contributed by atoms with Crippen LogP contribution >= 0.6 is 0 Å². The molecule has 4 nitrogen and oxygen atoms in total. The molecule has 2 aromatic carbocycles. The smallest absolute Gasteiger partial charge is 0.334 e. The van der Waals surface area contributed by atoms with Crippen LogP contribution in [0.2, 0.25) is 0 Å². The lowest BCUT2D eigenvalue weighted by Gasteiger charge is -2.12. The second kappa shape index (κ2) is 6.99. The number of anilines is 1. The number of urea groups is 1. The highest BCUT2D eigenvalue weighted by Gasteiger charge is 2.29. The van der Waals surface area contributed by atoms with Gasteiger partial charge in [-0.15, -0.1) is 0 Å². The van der Waals surface area contributed by atoms with Gasteiger partial charge in [0.05, 0.1) is 11.3 Å². The molecule has 3 aromatic rings. The van der Waals surface area contributed by atoms with E-state index in [2.05, 4.69) is 15.6 Å². The van der Waals surface area contributed by atoms with Crippen molar-refractivity contribution in [1.29, 1.82) is 0 Å². The van der Waals surface area contributed by atoms with Crippen molar-refractivity contribution in [3.63, 3.8) is 0 Å². The number of carbonyl (C=O) groups excluding carboxylic acids is 1. The third-order valence-electron chi connectivity index (χ3n) is 3.74. The van der Waals surface area contributed by atoms with E-state index in [4.69, 9.17) is 0 Å². The fourth-order valence-electron chi connectivity index (χ4n) is 2.42. The number of rotatable bonds is 3.